The predicted octanol–water partition coefficient (Wildman–Crippen LogP) is 1.56. The molecule has 2 aliphatic rings. The number of morpholine rings is 1. The molecule has 114 valence electrons. The van der Waals surface area contributed by atoms with Crippen molar-refractivity contribution >= 4 is 17.5 Å². The highest BCUT2D eigenvalue weighted by Gasteiger charge is 2.38. The molecule has 0 aliphatic carbocycles. The van der Waals surface area contributed by atoms with E-state index < -0.39 is 0 Å². The number of aromatic nitrogens is 1. The lowest BCUT2D eigenvalue weighted by Crippen LogP contribution is -2.60. The number of ether oxygens (including phenoxy) is 1. The zero-order chi connectivity index (χ0) is 14.8. The third-order valence-corrected chi connectivity index (χ3v) is 4.45. The minimum absolute atomic E-state index is 0.138. The van der Waals surface area contributed by atoms with Gasteiger partial charge in [0, 0.05) is 45.5 Å². The average molecular weight is 310 g/mol. The normalized spacial score (nSPS) is 26.5. The summed E-state index contributed by atoms with van der Waals surface area (Å²) in [6.07, 6.45) is 4.63. The second-order valence-electron chi connectivity index (χ2n) is 5.72. The maximum Gasteiger partial charge on any atom is 0.219 e. The van der Waals surface area contributed by atoms with Gasteiger partial charge in [-0.3, -0.25) is 14.7 Å². The van der Waals surface area contributed by atoms with Crippen LogP contribution in [-0.2, 0) is 16.1 Å². The van der Waals surface area contributed by atoms with Crippen molar-refractivity contribution in [2.45, 2.75) is 32.0 Å². The second-order valence-corrected chi connectivity index (χ2v) is 6.16. The van der Waals surface area contributed by atoms with Crippen LogP contribution in [0, 0.1) is 0 Å². The van der Waals surface area contributed by atoms with E-state index in [1.165, 1.54) is 0 Å². The van der Waals surface area contributed by atoms with E-state index in [0.717, 1.165) is 31.6 Å². The minimum Gasteiger partial charge on any atom is -0.374 e. The summed E-state index contributed by atoms with van der Waals surface area (Å²) in [7, 11) is 0. The third kappa shape index (κ3) is 3.36. The van der Waals surface area contributed by atoms with Crippen molar-refractivity contribution in [3.05, 3.63) is 29.0 Å². The molecule has 0 bridgehead atoms. The number of carbonyl (C=O) groups excluding carboxylic acids is 1. The number of nitrogens with zero attached hydrogens (tertiary/aromatic N) is 3. The van der Waals surface area contributed by atoms with E-state index in [1.54, 1.807) is 13.1 Å². The Balaban J connectivity index is 1.68. The van der Waals surface area contributed by atoms with E-state index in [2.05, 4.69) is 9.88 Å². The van der Waals surface area contributed by atoms with Crippen LogP contribution in [0.25, 0.3) is 0 Å². The minimum atomic E-state index is 0.138. The summed E-state index contributed by atoms with van der Waals surface area (Å²) in [5, 5.41) is 0.661. The first-order chi connectivity index (χ1) is 10.1. The van der Waals surface area contributed by atoms with Crippen LogP contribution in [0.5, 0.6) is 0 Å². The van der Waals surface area contributed by atoms with Crippen molar-refractivity contribution in [2.24, 2.45) is 0 Å². The Morgan fingerprint density at radius 3 is 3.10 bits per heavy atom. The summed E-state index contributed by atoms with van der Waals surface area (Å²) in [5.41, 5.74) is 1.10. The fraction of sp³-hybridized carbons (Fsp3) is 0.600. The zero-order valence-electron chi connectivity index (χ0n) is 12.2. The molecule has 0 spiro atoms. The second kappa shape index (κ2) is 6.30. The SMILES string of the molecule is CC(=O)N1CCO[C@@H]2CCN(Cc3cncc(Cl)c3)C[C@H]21. The van der Waals surface area contributed by atoms with Crippen LogP contribution in [-0.4, -0.2) is 59.1 Å². The zero-order valence-corrected chi connectivity index (χ0v) is 12.9. The Kier molecular flexibility index (Phi) is 4.42. The Morgan fingerprint density at radius 2 is 2.33 bits per heavy atom. The van der Waals surface area contributed by atoms with E-state index in [1.807, 2.05) is 17.2 Å². The molecular formula is C15H20ClN3O2. The van der Waals surface area contributed by atoms with Gasteiger partial charge in [-0.15, -0.1) is 0 Å². The molecule has 6 heteroatoms. The molecule has 1 aromatic rings. The van der Waals surface area contributed by atoms with Gasteiger partial charge in [-0.25, -0.2) is 0 Å². The van der Waals surface area contributed by atoms with Crippen molar-refractivity contribution in [1.29, 1.82) is 0 Å². The van der Waals surface area contributed by atoms with Crippen molar-refractivity contribution in [3.8, 4) is 0 Å². The maximum absolute atomic E-state index is 11.8. The highest BCUT2D eigenvalue weighted by Crippen LogP contribution is 2.24. The molecule has 0 aromatic carbocycles. The Bertz CT molecular complexity index is 525. The predicted molar refractivity (Wildman–Crippen MR) is 80.1 cm³/mol. The molecule has 2 fully saturated rings. The Labute approximate surface area is 129 Å². The number of rotatable bonds is 2. The summed E-state index contributed by atoms with van der Waals surface area (Å²) in [6, 6.07) is 2.11. The molecule has 0 saturated carbocycles. The van der Waals surface area contributed by atoms with E-state index in [-0.39, 0.29) is 18.1 Å². The van der Waals surface area contributed by atoms with Gasteiger partial charge >= 0.3 is 0 Å². The van der Waals surface area contributed by atoms with E-state index in [9.17, 15) is 4.79 Å². The molecule has 0 N–H and O–H groups in total. The van der Waals surface area contributed by atoms with Gasteiger partial charge in [-0.2, -0.15) is 0 Å². The van der Waals surface area contributed by atoms with Gasteiger partial charge in [0.1, 0.15) is 0 Å². The highest BCUT2D eigenvalue weighted by atomic mass is 35.5. The van der Waals surface area contributed by atoms with Crippen LogP contribution in [0.15, 0.2) is 18.5 Å². The van der Waals surface area contributed by atoms with Crippen LogP contribution >= 0.6 is 11.6 Å². The number of piperidine rings is 1. The van der Waals surface area contributed by atoms with Crippen molar-refractivity contribution in [3.63, 3.8) is 0 Å². The quantitative estimate of drug-likeness (QED) is 0.832. The summed E-state index contributed by atoms with van der Waals surface area (Å²) in [5.74, 6) is 0.138. The monoisotopic (exact) mass is 309 g/mol. The molecule has 2 aliphatic heterocycles. The smallest absolute Gasteiger partial charge is 0.219 e. The summed E-state index contributed by atoms with van der Waals surface area (Å²) in [6.45, 7) is 5.61. The molecule has 21 heavy (non-hydrogen) atoms. The Hall–Kier alpha value is -1.17. The first kappa shape index (κ1) is 14.8. The van der Waals surface area contributed by atoms with Gasteiger partial charge in [-0.05, 0) is 18.1 Å². The lowest BCUT2D eigenvalue weighted by molar-refractivity contribution is -0.150. The van der Waals surface area contributed by atoms with Crippen LogP contribution in [0.1, 0.15) is 18.9 Å². The summed E-state index contributed by atoms with van der Waals surface area (Å²) in [4.78, 5) is 20.2. The number of hydrogen-bond acceptors (Lipinski definition) is 4. The highest BCUT2D eigenvalue weighted by molar-refractivity contribution is 6.30. The lowest BCUT2D eigenvalue weighted by Gasteiger charge is -2.46. The Morgan fingerprint density at radius 1 is 1.48 bits per heavy atom. The van der Waals surface area contributed by atoms with E-state index in [0.29, 0.717) is 18.2 Å². The number of hydrogen-bond donors (Lipinski definition) is 0. The molecule has 2 saturated heterocycles. The van der Waals surface area contributed by atoms with Gasteiger partial charge < -0.3 is 9.64 Å². The molecule has 1 aromatic heterocycles. The average Bonchev–Trinajstić information content (AvgIpc) is 2.46. The van der Waals surface area contributed by atoms with Crippen LogP contribution in [0.4, 0.5) is 0 Å². The first-order valence-corrected chi connectivity index (χ1v) is 7.72. The lowest BCUT2D eigenvalue weighted by atomic mass is 9.98. The fourth-order valence-corrected chi connectivity index (χ4v) is 3.47. The van der Waals surface area contributed by atoms with E-state index in [4.69, 9.17) is 16.3 Å². The van der Waals surface area contributed by atoms with Crippen molar-refractivity contribution in [1.82, 2.24) is 14.8 Å². The summed E-state index contributed by atoms with van der Waals surface area (Å²) < 4.78 is 5.83. The number of likely N-dealkylation sites (tertiary alicyclic amines) is 1. The number of carbonyl (C=O) groups is 1. The van der Waals surface area contributed by atoms with E-state index >= 15 is 0 Å². The van der Waals surface area contributed by atoms with Gasteiger partial charge in [0.2, 0.25) is 5.91 Å². The molecule has 3 heterocycles. The van der Waals surface area contributed by atoms with Crippen molar-refractivity contribution in [2.75, 3.05) is 26.2 Å². The molecule has 1 amide bonds. The van der Waals surface area contributed by atoms with Gasteiger partial charge in [0.15, 0.2) is 0 Å². The third-order valence-electron chi connectivity index (χ3n) is 4.24. The molecule has 0 radical (unpaired) electrons. The fourth-order valence-electron chi connectivity index (χ4n) is 3.27. The summed E-state index contributed by atoms with van der Waals surface area (Å²) >= 11 is 5.98. The maximum atomic E-state index is 11.8. The van der Waals surface area contributed by atoms with Crippen LogP contribution < -0.4 is 0 Å². The number of fused-ring (bicyclic) bond motifs is 1. The van der Waals surface area contributed by atoms with Gasteiger partial charge in [0.25, 0.3) is 0 Å². The van der Waals surface area contributed by atoms with Crippen LogP contribution in [0.3, 0.4) is 0 Å². The molecule has 2 atom stereocenters. The van der Waals surface area contributed by atoms with Crippen molar-refractivity contribution < 1.29 is 9.53 Å². The van der Waals surface area contributed by atoms with Gasteiger partial charge in [-0.1, -0.05) is 11.6 Å². The largest absolute Gasteiger partial charge is 0.374 e. The van der Waals surface area contributed by atoms with Crippen LogP contribution in [0.2, 0.25) is 5.02 Å². The molecule has 3 rings (SSSR count). The molecular weight excluding hydrogens is 290 g/mol. The number of halogens is 1. The van der Waals surface area contributed by atoms with Gasteiger partial charge in [0.05, 0.1) is 23.8 Å². The number of pyridine rings is 1. The molecule has 5 nitrogen and oxygen atoms in total. The molecule has 0 unspecified atom stereocenters. The number of amides is 1. The standard InChI is InChI=1S/C15H20ClN3O2/c1-11(20)19-4-5-21-15-2-3-18(10-14(15)19)9-12-6-13(16)8-17-7-12/h6-8,14-15H,2-5,9-10H2,1H3/t14-,15-/m1/s1. The first-order valence-electron chi connectivity index (χ1n) is 7.34. The topological polar surface area (TPSA) is 45.7 Å².